The van der Waals surface area contributed by atoms with Gasteiger partial charge >= 0.3 is 0 Å². The lowest BCUT2D eigenvalue weighted by molar-refractivity contribution is 0.1000. The highest BCUT2D eigenvalue weighted by Gasteiger charge is 2.17. The summed E-state index contributed by atoms with van der Waals surface area (Å²) in [6.45, 7) is 4.45. The second-order valence-electron chi connectivity index (χ2n) is 4.32. The van der Waals surface area contributed by atoms with Crippen molar-refractivity contribution in [3.05, 3.63) is 52.8 Å². The number of benzene rings is 1. The second-order valence-corrected chi connectivity index (χ2v) is 4.32. The van der Waals surface area contributed by atoms with Crippen LogP contribution in [0.4, 0.5) is 0 Å². The van der Waals surface area contributed by atoms with E-state index in [9.17, 15) is 4.79 Å². The molecule has 1 aromatic carbocycles. The molecule has 4 heteroatoms. The van der Waals surface area contributed by atoms with Crippen molar-refractivity contribution in [1.29, 1.82) is 0 Å². The first-order valence-corrected chi connectivity index (χ1v) is 5.94. The normalized spacial score (nSPS) is 10.6. The predicted octanol–water partition coefficient (Wildman–Crippen LogP) is 1.69. The van der Waals surface area contributed by atoms with Gasteiger partial charge in [-0.15, -0.1) is 0 Å². The minimum atomic E-state index is -0.0516. The third kappa shape index (κ3) is 2.33. The van der Waals surface area contributed by atoms with Crippen LogP contribution in [-0.4, -0.2) is 22.1 Å². The molecule has 0 unspecified atom stereocenters. The van der Waals surface area contributed by atoms with Crippen LogP contribution in [0.3, 0.4) is 0 Å². The van der Waals surface area contributed by atoms with Crippen LogP contribution in [0.5, 0.6) is 0 Å². The zero-order valence-electron chi connectivity index (χ0n) is 10.7. The lowest BCUT2D eigenvalue weighted by atomic mass is 10.1. The van der Waals surface area contributed by atoms with Crippen LogP contribution in [0.15, 0.2) is 30.3 Å². The largest absolute Gasteiger partial charge is 0.324 e. The van der Waals surface area contributed by atoms with E-state index in [1.807, 2.05) is 48.9 Å². The molecule has 4 nitrogen and oxygen atoms in total. The monoisotopic (exact) mass is 243 g/mol. The van der Waals surface area contributed by atoms with E-state index in [0.29, 0.717) is 12.1 Å². The van der Waals surface area contributed by atoms with Gasteiger partial charge in [0.1, 0.15) is 0 Å². The van der Waals surface area contributed by atoms with E-state index in [1.165, 1.54) is 0 Å². The summed E-state index contributed by atoms with van der Waals surface area (Å²) in [7, 11) is 0. The highest BCUT2D eigenvalue weighted by molar-refractivity contribution is 5.99. The Bertz CT molecular complexity index is 558. The highest BCUT2D eigenvalue weighted by atomic mass is 16.1. The molecule has 0 aliphatic rings. The van der Waals surface area contributed by atoms with Crippen molar-refractivity contribution in [2.45, 2.75) is 20.4 Å². The number of Topliss-reactive ketones (excluding diaryl/α,β-unsaturated/α-hetero) is 1. The number of carbonyl (C=O) groups is 1. The van der Waals surface area contributed by atoms with Crippen molar-refractivity contribution < 1.29 is 4.79 Å². The van der Waals surface area contributed by atoms with E-state index < -0.39 is 0 Å². The van der Waals surface area contributed by atoms with Crippen LogP contribution in [0.2, 0.25) is 0 Å². The van der Waals surface area contributed by atoms with Crippen molar-refractivity contribution in [1.82, 2.24) is 9.78 Å². The summed E-state index contributed by atoms with van der Waals surface area (Å²) in [5.74, 6) is -0.0516. The number of aromatic nitrogens is 2. The first-order valence-electron chi connectivity index (χ1n) is 5.94. The van der Waals surface area contributed by atoms with E-state index in [1.54, 1.807) is 0 Å². The fourth-order valence-electron chi connectivity index (χ4n) is 2.11. The minimum Gasteiger partial charge on any atom is -0.324 e. The van der Waals surface area contributed by atoms with Crippen LogP contribution in [0.25, 0.3) is 0 Å². The molecule has 0 aliphatic heterocycles. The maximum atomic E-state index is 11.7. The standard InChI is InChI=1S/C14H17N3O/c1-10-14(13(18)8-15)11(2)17(16-10)9-12-6-4-3-5-7-12/h3-7H,8-9,15H2,1-2H3. The van der Waals surface area contributed by atoms with Gasteiger partial charge in [0, 0.05) is 5.69 Å². The quantitative estimate of drug-likeness (QED) is 0.831. The number of carbonyl (C=O) groups excluding carboxylic acids is 1. The van der Waals surface area contributed by atoms with E-state index in [4.69, 9.17) is 5.73 Å². The molecule has 0 saturated heterocycles. The maximum Gasteiger partial charge on any atom is 0.180 e. The van der Waals surface area contributed by atoms with Crippen molar-refractivity contribution in [3.63, 3.8) is 0 Å². The molecule has 2 aromatic rings. The first kappa shape index (κ1) is 12.5. The maximum absolute atomic E-state index is 11.7. The average molecular weight is 243 g/mol. The predicted molar refractivity (Wildman–Crippen MR) is 70.6 cm³/mol. The first-order chi connectivity index (χ1) is 8.63. The molecule has 0 fully saturated rings. The van der Waals surface area contributed by atoms with Crippen LogP contribution in [0.1, 0.15) is 27.3 Å². The fraction of sp³-hybridized carbons (Fsp3) is 0.286. The third-order valence-corrected chi connectivity index (χ3v) is 3.02. The zero-order valence-corrected chi connectivity index (χ0v) is 10.7. The van der Waals surface area contributed by atoms with Gasteiger partial charge < -0.3 is 5.73 Å². The molecule has 0 radical (unpaired) electrons. The fourth-order valence-corrected chi connectivity index (χ4v) is 2.11. The van der Waals surface area contributed by atoms with Crippen molar-refractivity contribution in [2.75, 3.05) is 6.54 Å². The Hall–Kier alpha value is -1.94. The number of rotatable bonds is 4. The van der Waals surface area contributed by atoms with Crippen LogP contribution < -0.4 is 5.73 Å². The zero-order chi connectivity index (χ0) is 13.1. The van der Waals surface area contributed by atoms with Gasteiger partial charge in [0.25, 0.3) is 0 Å². The van der Waals surface area contributed by atoms with Gasteiger partial charge in [-0.3, -0.25) is 9.48 Å². The molecule has 1 heterocycles. The Morgan fingerprint density at radius 3 is 2.56 bits per heavy atom. The van der Waals surface area contributed by atoms with E-state index >= 15 is 0 Å². The summed E-state index contributed by atoms with van der Waals surface area (Å²) >= 11 is 0. The topological polar surface area (TPSA) is 60.9 Å². The third-order valence-electron chi connectivity index (χ3n) is 3.02. The Kier molecular flexibility index (Phi) is 3.58. The second kappa shape index (κ2) is 5.14. The smallest absolute Gasteiger partial charge is 0.180 e. The molecule has 0 saturated carbocycles. The molecule has 2 N–H and O–H groups in total. The van der Waals surface area contributed by atoms with E-state index in [2.05, 4.69) is 5.10 Å². The molecule has 0 amide bonds. The Balaban J connectivity index is 2.33. The molecule has 0 bridgehead atoms. The highest BCUT2D eigenvalue weighted by Crippen LogP contribution is 2.15. The van der Waals surface area contributed by atoms with Gasteiger partial charge in [-0.05, 0) is 19.4 Å². The number of nitrogens with two attached hydrogens (primary N) is 1. The molecular formula is C14H17N3O. The molecule has 2 rings (SSSR count). The lowest BCUT2D eigenvalue weighted by Gasteiger charge is -2.05. The Labute approximate surface area is 106 Å². The number of nitrogens with zero attached hydrogens (tertiary/aromatic N) is 2. The summed E-state index contributed by atoms with van der Waals surface area (Å²) < 4.78 is 1.85. The number of hydrogen-bond acceptors (Lipinski definition) is 3. The van der Waals surface area contributed by atoms with Gasteiger partial charge in [0.15, 0.2) is 5.78 Å². The Morgan fingerprint density at radius 1 is 1.28 bits per heavy atom. The molecule has 18 heavy (non-hydrogen) atoms. The van der Waals surface area contributed by atoms with Crippen molar-refractivity contribution >= 4 is 5.78 Å². The molecule has 0 aliphatic carbocycles. The molecule has 1 aromatic heterocycles. The summed E-state index contributed by atoms with van der Waals surface area (Å²) in [5, 5.41) is 4.41. The van der Waals surface area contributed by atoms with E-state index in [0.717, 1.165) is 17.0 Å². The van der Waals surface area contributed by atoms with Crippen LogP contribution in [0, 0.1) is 13.8 Å². The summed E-state index contributed by atoms with van der Waals surface area (Å²) in [6, 6.07) is 10.1. The molecule has 94 valence electrons. The average Bonchev–Trinajstić information content (AvgIpc) is 2.65. The summed E-state index contributed by atoms with van der Waals surface area (Å²) in [4.78, 5) is 11.7. The van der Waals surface area contributed by atoms with Gasteiger partial charge in [0.05, 0.1) is 24.3 Å². The minimum absolute atomic E-state index is 0.0265. The lowest BCUT2D eigenvalue weighted by Crippen LogP contribution is -2.15. The van der Waals surface area contributed by atoms with Crippen LogP contribution in [-0.2, 0) is 6.54 Å². The SMILES string of the molecule is Cc1nn(Cc2ccccc2)c(C)c1C(=O)CN. The van der Waals surface area contributed by atoms with Gasteiger partial charge in [0.2, 0.25) is 0 Å². The summed E-state index contributed by atoms with van der Waals surface area (Å²) in [5.41, 5.74) is 8.87. The molecular weight excluding hydrogens is 226 g/mol. The van der Waals surface area contributed by atoms with Crippen molar-refractivity contribution in [2.24, 2.45) is 5.73 Å². The number of hydrogen-bond donors (Lipinski definition) is 1. The number of ketones is 1. The van der Waals surface area contributed by atoms with Gasteiger partial charge in [-0.1, -0.05) is 30.3 Å². The van der Waals surface area contributed by atoms with Gasteiger partial charge in [-0.25, -0.2) is 0 Å². The molecule has 0 spiro atoms. The van der Waals surface area contributed by atoms with Gasteiger partial charge in [-0.2, -0.15) is 5.10 Å². The number of aryl methyl sites for hydroxylation is 1. The van der Waals surface area contributed by atoms with Crippen LogP contribution >= 0.6 is 0 Å². The van der Waals surface area contributed by atoms with E-state index in [-0.39, 0.29) is 12.3 Å². The summed E-state index contributed by atoms with van der Waals surface area (Å²) in [6.07, 6.45) is 0. The molecule has 0 atom stereocenters. The Morgan fingerprint density at radius 2 is 1.94 bits per heavy atom. The van der Waals surface area contributed by atoms with Crippen molar-refractivity contribution in [3.8, 4) is 0 Å².